The summed E-state index contributed by atoms with van der Waals surface area (Å²) in [6.45, 7) is 3.93. The zero-order chi connectivity index (χ0) is 8.43. The lowest BCUT2D eigenvalue weighted by Crippen LogP contribution is -2.44. The highest BCUT2D eigenvalue weighted by Gasteiger charge is 2.24. The van der Waals surface area contributed by atoms with Gasteiger partial charge in [-0.15, -0.1) is 0 Å². The molecule has 0 amide bonds. The van der Waals surface area contributed by atoms with E-state index in [9.17, 15) is 8.76 Å². The molecule has 3 atom stereocenters. The van der Waals surface area contributed by atoms with Gasteiger partial charge in [-0.3, -0.25) is 4.21 Å². The largest absolute Gasteiger partial charge is 0.760 e. The minimum Gasteiger partial charge on any atom is -0.760 e. The quantitative estimate of drug-likeness (QED) is 0.560. The molecule has 66 valence electrons. The highest BCUT2D eigenvalue weighted by atomic mass is 32.2. The molecule has 4 heteroatoms. The Labute approximate surface area is 70.2 Å². The predicted octanol–water partition coefficient (Wildman–Crippen LogP) is 1.04. The van der Waals surface area contributed by atoms with Crippen LogP contribution in [0.1, 0.15) is 33.1 Å². The third kappa shape index (κ3) is 2.01. The Morgan fingerprint density at radius 1 is 1.36 bits per heavy atom. The molecule has 0 N–H and O–H groups in total. The average Bonchev–Trinajstić information content (AvgIpc) is 1.85. The molecule has 3 nitrogen and oxygen atoms in total. The summed E-state index contributed by atoms with van der Waals surface area (Å²) < 4.78 is 23.0. The number of hydrogen-bond donors (Lipinski definition) is 0. The topological polar surface area (TPSA) is 43.4 Å². The van der Waals surface area contributed by atoms with Crippen LogP contribution in [0.2, 0.25) is 0 Å². The lowest BCUT2D eigenvalue weighted by atomic mass is 10.0. The smallest absolute Gasteiger partial charge is 0.0214 e. The van der Waals surface area contributed by atoms with Crippen LogP contribution in [0.3, 0.4) is 0 Å². The lowest BCUT2D eigenvalue weighted by Gasteiger charge is -2.39. The van der Waals surface area contributed by atoms with Gasteiger partial charge in [0.1, 0.15) is 0 Å². The fraction of sp³-hybridized carbons (Fsp3) is 1.00. The SMILES string of the molecule is CC1CCCC(C)N1S(=O)[O-]. The summed E-state index contributed by atoms with van der Waals surface area (Å²) in [5.41, 5.74) is 0. The Morgan fingerprint density at radius 3 is 2.09 bits per heavy atom. The molecule has 1 aliphatic heterocycles. The van der Waals surface area contributed by atoms with Crippen LogP contribution in [0.5, 0.6) is 0 Å². The second kappa shape index (κ2) is 3.65. The molecule has 11 heavy (non-hydrogen) atoms. The van der Waals surface area contributed by atoms with Crippen molar-refractivity contribution in [2.24, 2.45) is 0 Å². The Morgan fingerprint density at radius 2 is 1.82 bits per heavy atom. The van der Waals surface area contributed by atoms with Gasteiger partial charge in [-0.25, -0.2) is 4.31 Å². The van der Waals surface area contributed by atoms with Crippen molar-refractivity contribution in [2.45, 2.75) is 45.2 Å². The average molecular weight is 176 g/mol. The highest BCUT2D eigenvalue weighted by Crippen LogP contribution is 2.22. The third-order valence-corrected chi connectivity index (χ3v) is 3.35. The maximum atomic E-state index is 10.7. The molecular weight excluding hydrogens is 162 g/mol. The van der Waals surface area contributed by atoms with Gasteiger partial charge in [0.25, 0.3) is 0 Å². The van der Waals surface area contributed by atoms with Crippen LogP contribution < -0.4 is 0 Å². The molecule has 1 saturated heterocycles. The second-order valence-corrected chi connectivity index (χ2v) is 4.06. The van der Waals surface area contributed by atoms with Crippen LogP contribution in [-0.4, -0.2) is 25.2 Å². The lowest BCUT2D eigenvalue weighted by molar-refractivity contribution is 0.199. The summed E-state index contributed by atoms with van der Waals surface area (Å²) in [6, 6.07) is 0.383. The van der Waals surface area contributed by atoms with Crippen molar-refractivity contribution >= 4 is 11.3 Å². The molecule has 1 fully saturated rings. The minimum absolute atomic E-state index is 0.192. The van der Waals surface area contributed by atoms with Crippen molar-refractivity contribution in [1.29, 1.82) is 0 Å². The first-order valence-corrected chi connectivity index (χ1v) is 5.04. The van der Waals surface area contributed by atoms with E-state index in [0.717, 1.165) is 19.3 Å². The zero-order valence-corrected chi connectivity index (χ0v) is 7.76. The van der Waals surface area contributed by atoms with Gasteiger partial charge in [0, 0.05) is 23.4 Å². The van der Waals surface area contributed by atoms with Crippen LogP contribution in [0.25, 0.3) is 0 Å². The van der Waals surface area contributed by atoms with E-state index in [4.69, 9.17) is 0 Å². The molecule has 0 spiro atoms. The molecule has 0 radical (unpaired) electrons. The van der Waals surface area contributed by atoms with Crippen LogP contribution >= 0.6 is 0 Å². The summed E-state index contributed by atoms with van der Waals surface area (Å²) in [7, 11) is 0. The normalized spacial score (nSPS) is 37.0. The Bertz CT molecular complexity index is 153. The van der Waals surface area contributed by atoms with Crippen molar-refractivity contribution < 1.29 is 8.76 Å². The molecule has 1 aliphatic rings. The third-order valence-electron chi connectivity index (χ3n) is 2.28. The molecule has 0 bridgehead atoms. The first kappa shape index (κ1) is 9.16. The Hall–Kier alpha value is 0.0700. The highest BCUT2D eigenvalue weighted by molar-refractivity contribution is 7.76. The van der Waals surface area contributed by atoms with Crippen LogP contribution in [0, 0.1) is 0 Å². The number of piperidine rings is 1. The molecule has 1 rings (SSSR count). The van der Waals surface area contributed by atoms with Gasteiger partial charge in [0.2, 0.25) is 0 Å². The van der Waals surface area contributed by atoms with E-state index in [-0.39, 0.29) is 12.1 Å². The Balaban J connectivity index is 2.62. The molecular formula is C7H14NO2S-. The summed E-state index contributed by atoms with van der Waals surface area (Å²) in [4.78, 5) is 0. The van der Waals surface area contributed by atoms with E-state index in [1.165, 1.54) is 0 Å². The summed E-state index contributed by atoms with van der Waals surface area (Å²) >= 11 is -2.03. The van der Waals surface area contributed by atoms with Gasteiger partial charge < -0.3 is 4.55 Å². The number of rotatable bonds is 1. The van der Waals surface area contributed by atoms with E-state index in [1.54, 1.807) is 4.31 Å². The van der Waals surface area contributed by atoms with Crippen LogP contribution in [0.15, 0.2) is 0 Å². The summed E-state index contributed by atoms with van der Waals surface area (Å²) in [6.07, 6.45) is 3.15. The molecule has 1 heterocycles. The Kier molecular flexibility index (Phi) is 3.04. The van der Waals surface area contributed by atoms with Gasteiger partial charge in [0.15, 0.2) is 0 Å². The zero-order valence-electron chi connectivity index (χ0n) is 6.95. The monoisotopic (exact) mass is 176 g/mol. The number of nitrogens with zero attached hydrogens (tertiary/aromatic N) is 1. The van der Waals surface area contributed by atoms with Gasteiger partial charge in [0.05, 0.1) is 0 Å². The maximum absolute atomic E-state index is 10.7. The molecule has 0 aliphatic carbocycles. The van der Waals surface area contributed by atoms with Crippen molar-refractivity contribution in [3.8, 4) is 0 Å². The standard InChI is InChI=1S/C7H15NO2S/c1-6-4-3-5-7(2)8(6)11(9)10/h6-7H,3-5H2,1-2H3,(H,9,10)/p-1. The van der Waals surface area contributed by atoms with Gasteiger partial charge in [-0.1, -0.05) is 6.42 Å². The fourth-order valence-corrected chi connectivity index (χ4v) is 2.49. The van der Waals surface area contributed by atoms with Gasteiger partial charge in [-0.2, -0.15) is 0 Å². The van der Waals surface area contributed by atoms with E-state index in [1.807, 2.05) is 13.8 Å². The second-order valence-electron chi connectivity index (χ2n) is 3.21. The number of hydrogen-bond acceptors (Lipinski definition) is 2. The molecule has 3 unspecified atom stereocenters. The molecule has 0 aromatic rings. The maximum Gasteiger partial charge on any atom is 0.0214 e. The van der Waals surface area contributed by atoms with Crippen molar-refractivity contribution in [1.82, 2.24) is 4.31 Å². The van der Waals surface area contributed by atoms with Crippen molar-refractivity contribution in [3.05, 3.63) is 0 Å². The minimum atomic E-state index is -2.03. The summed E-state index contributed by atoms with van der Waals surface area (Å²) in [5, 5.41) is 0. The van der Waals surface area contributed by atoms with Gasteiger partial charge in [-0.05, 0) is 26.7 Å². The van der Waals surface area contributed by atoms with E-state index >= 15 is 0 Å². The van der Waals surface area contributed by atoms with E-state index < -0.39 is 11.3 Å². The van der Waals surface area contributed by atoms with Crippen LogP contribution in [0.4, 0.5) is 0 Å². The molecule has 0 aromatic carbocycles. The first-order valence-electron chi connectivity index (χ1n) is 4.00. The van der Waals surface area contributed by atoms with Crippen molar-refractivity contribution in [2.75, 3.05) is 0 Å². The van der Waals surface area contributed by atoms with Crippen molar-refractivity contribution in [3.63, 3.8) is 0 Å². The summed E-state index contributed by atoms with van der Waals surface area (Å²) in [5.74, 6) is 0. The first-order chi connectivity index (χ1) is 5.13. The molecule has 0 saturated carbocycles. The van der Waals surface area contributed by atoms with Gasteiger partial charge >= 0.3 is 0 Å². The fourth-order valence-electron chi connectivity index (χ4n) is 1.69. The van der Waals surface area contributed by atoms with E-state index in [2.05, 4.69) is 0 Å². The predicted molar refractivity (Wildman–Crippen MR) is 43.5 cm³/mol. The van der Waals surface area contributed by atoms with E-state index in [0.29, 0.717) is 0 Å². The molecule has 0 aromatic heterocycles. The van der Waals surface area contributed by atoms with Crippen LogP contribution in [-0.2, 0) is 11.3 Å².